The molecule has 0 spiro atoms. The van der Waals surface area contributed by atoms with Gasteiger partial charge in [0.25, 0.3) is 0 Å². The summed E-state index contributed by atoms with van der Waals surface area (Å²) in [5.41, 5.74) is -0.585. The summed E-state index contributed by atoms with van der Waals surface area (Å²) in [6, 6.07) is 0.264. The molecule has 0 bridgehead atoms. The number of nitrogens with one attached hydrogen (secondary N) is 1. The fourth-order valence-corrected chi connectivity index (χ4v) is 2.91. The Labute approximate surface area is 117 Å². The van der Waals surface area contributed by atoms with Gasteiger partial charge in [0.15, 0.2) is 0 Å². The second-order valence-corrected chi connectivity index (χ2v) is 6.59. The summed E-state index contributed by atoms with van der Waals surface area (Å²) < 4.78 is 4.95. The first-order chi connectivity index (χ1) is 8.78. The van der Waals surface area contributed by atoms with Crippen LogP contribution in [0.2, 0.25) is 0 Å². The summed E-state index contributed by atoms with van der Waals surface area (Å²) in [7, 11) is 1.46. The summed E-state index contributed by atoms with van der Waals surface area (Å²) in [4.78, 5) is 14.5. The lowest BCUT2D eigenvalue weighted by Gasteiger charge is -2.31. The fourth-order valence-electron chi connectivity index (χ4n) is 2.91. The summed E-state index contributed by atoms with van der Waals surface area (Å²) >= 11 is 0. The third-order valence-electron chi connectivity index (χ3n) is 4.23. The number of methoxy groups -OCH3 is 1. The van der Waals surface area contributed by atoms with Gasteiger partial charge in [-0.05, 0) is 39.0 Å². The number of carbonyl (C=O) groups is 1. The lowest BCUT2D eigenvalue weighted by molar-refractivity contribution is -0.148. The van der Waals surface area contributed by atoms with Crippen LogP contribution in [0.5, 0.6) is 0 Å². The van der Waals surface area contributed by atoms with Crippen LogP contribution in [0.1, 0.15) is 41.0 Å². The quantitative estimate of drug-likeness (QED) is 0.749. The van der Waals surface area contributed by atoms with Crippen LogP contribution in [-0.2, 0) is 9.53 Å². The first-order valence-corrected chi connectivity index (χ1v) is 7.37. The lowest BCUT2D eigenvalue weighted by atomic mass is 9.96. The van der Waals surface area contributed by atoms with E-state index < -0.39 is 5.54 Å². The monoisotopic (exact) mass is 270 g/mol. The zero-order valence-corrected chi connectivity index (χ0v) is 13.3. The number of ether oxygens (including phenoxy) is 1. The maximum atomic E-state index is 12.0. The van der Waals surface area contributed by atoms with E-state index >= 15 is 0 Å². The van der Waals surface area contributed by atoms with Crippen LogP contribution < -0.4 is 5.32 Å². The number of hydrogen-bond acceptors (Lipinski definition) is 4. The van der Waals surface area contributed by atoms with E-state index in [-0.39, 0.29) is 12.0 Å². The van der Waals surface area contributed by atoms with E-state index in [9.17, 15) is 4.79 Å². The van der Waals surface area contributed by atoms with Gasteiger partial charge < -0.3 is 9.64 Å². The van der Waals surface area contributed by atoms with Gasteiger partial charge in [0.2, 0.25) is 0 Å². The number of esters is 1. The predicted octanol–water partition coefficient (Wildman–Crippen LogP) is 1.89. The largest absolute Gasteiger partial charge is 0.468 e. The Morgan fingerprint density at radius 3 is 2.32 bits per heavy atom. The van der Waals surface area contributed by atoms with Crippen molar-refractivity contribution in [3.63, 3.8) is 0 Å². The van der Waals surface area contributed by atoms with E-state index in [4.69, 9.17) is 4.74 Å². The van der Waals surface area contributed by atoms with Crippen LogP contribution in [0, 0.1) is 11.8 Å². The van der Waals surface area contributed by atoms with Crippen molar-refractivity contribution < 1.29 is 9.53 Å². The third-order valence-corrected chi connectivity index (χ3v) is 4.23. The maximum Gasteiger partial charge on any atom is 0.325 e. The summed E-state index contributed by atoms with van der Waals surface area (Å²) in [5.74, 6) is 1.34. The molecular formula is C15H30N2O2. The molecule has 0 aromatic carbocycles. The molecule has 1 aliphatic heterocycles. The Balaban J connectivity index is 2.56. The number of rotatable bonds is 6. The normalized spacial score (nSPS) is 27.5. The van der Waals surface area contributed by atoms with E-state index in [2.05, 4.69) is 37.9 Å². The molecule has 0 radical (unpaired) electrons. The van der Waals surface area contributed by atoms with E-state index in [1.165, 1.54) is 7.11 Å². The van der Waals surface area contributed by atoms with Gasteiger partial charge in [-0.3, -0.25) is 10.1 Å². The zero-order valence-electron chi connectivity index (χ0n) is 13.3. The van der Waals surface area contributed by atoms with Crippen LogP contribution in [0.15, 0.2) is 0 Å². The van der Waals surface area contributed by atoms with E-state index in [0.29, 0.717) is 0 Å². The Morgan fingerprint density at radius 2 is 1.89 bits per heavy atom. The number of carbonyl (C=O) groups excluding carboxylic acids is 1. The highest BCUT2D eigenvalue weighted by molar-refractivity contribution is 5.80. The van der Waals surface area contributed by atoms with Crippen molar-refractivity contribution in [1.29, 1.82) is 0 Å². The molecule has 1 fully saturated rings. The maximum absolute atomic E-state index is 12.0. The van der Waals surface area contributed by atoms with Crippen molar-refractivity contribution >= 4 is 5.97 Å². The average Bonchev–Trinajstić information content (AvgIpc) is 2.64. The molecule has 1 saturated heterocycles. The van der Waals surface area contributed by atoms with Crippen molar-refractivity contribution in [3.8, 4) is 0 Å². The molecular weight excluding hydrogens is 240 g/mol. The van der Waals surface area contributed by atoms with Crippen LogP contribution in [0.3, 0.4) is 0 Å². The van der Waals surface area contributed by atoms with Gasteiger partial charge in [0.1, 0.15) is 5.54 Å². The second-order valence-electron chi connectivity index (χ2n) is 6.59. The Hall–Kier alpha value is -0.610. The number of hydrogen-bond donors (Lipinski definition) is 1. The highest BCUT2D eigenvalue weighted by atomic mass is 16.5. The lowest BCUT2D eigenvalue weighted by Crippen LogP contribution is -2.54. The minimum absolute atomic E-state index is 0.165. The number of likely N-dealkylation sites (tertiary alicyclic amines) is 1. The number of nitrogens with zero attached hydrogens (tertiary/aromatic N) is 1. The minimum atomic E-state index is -0.585. The highest BCUT2D eigenvalue weighted by Gasteiger charge is 2.36. The highest BCUT2D eigenvalue weighted by Crippen LogP contribution is 2.23. The summed E-state index contributed by atoms with van der Waals surface area (Å²) in [5, 5.41) is 3.35. The van der Waals surface area contributed by atoms with Crippen molar-refractivity contribution in [2.75, 3.05) is 26.7 Å². The third kappa shape index (κ3) is 4.46. The topological polar surface area (TPSA) is 41.6 Å². The van der Waals surface area contributed by atoms with Crippen molar-refractivity contribution in [2.45, 2.75) is 52.6 Å². The molecule has 112 valence electrons. The molecule has 1 aliphatic rings. The van der Waals surface area contributed by atoms with Gasteiger partial charge in [-0.15, -0.1) is 0 Å². The molecule has 3 unspecified atom stereocenters. The van der Waals surface area contributed by atoms with Gasteiger partial charge in [-0.25, -0.2) is 0 Å². The molecule has 4 nitrogen and oxygen atoms in total. The van der Waals surface area contributed by atoms with E-state index in [1.807, 2.05) is 6.92 Å². The molecule has 3 atom stereocenters. The predicted molar refractivity (Wildman–Crippen MR) is 78.1 cm³/mol. The van der Waals surface area contributed by atoms with Crippen LogP contribution >= 0.6 is 0 Å². The summed E-state index contributed by atoms with van der Waals surface area (Å²) in [6.45, 7) is 13.9. The van der Waals surface area contributed by atoms with E-state index in [1.54, 1.807) is 0 Å². The van der Waals surface area contributed by atoms with Crippen LogP contribution in [0.25, 0.3) is 0 Å². The van der Waals surface area contributed by atoms with Gasteiger partial charge in [-0.1, -0.05) is 13.8 Å². The SMILES string of the molecule is COC(=O)C(C)(CCN1CC(C)C(C)C1)NC(C)C. The Morgan fingerprint density at radius 1 is 1.37 bits per heavy atom. The molecule has 0 aliphatic carbocycles. The van der Waals surface area contributed by atoms with Crippen molar-refractivity contribution in [1.82, 2.24) is 10.2 Å². The minimum Gasteiger partial charge on any atom is -0.468 e. The molecule has 4 heteroatoms. The van der Waals surface area contributed by atoms with Gasteiger partial charge >= 0.3 is 5.97 Å². The second kappa shape index (κ2) is 6.71. The van der Waals surface area contributed by atoms with Gasteiger partial charge in [-0.2, -0.15) is 0 Å². The Kier molecular flexibility index (Phi) is 5.81. The van der Waals surface area contributed by atoms with E-state index in [0.717, 1.165) is 37.9 Å². The standard InChI is InChI=1S/C15H30N2O2/c1-11(2)16-15(5,14(18)19-6)7-8-17-9-12(3)13(4)10-17/h11-13,16H,7-10H2,1-6H3. The first-order valence-electron chi connectivity index (χ1n) is 7.37. The molecule has 19 heavy (non-hydrogen) atoms. The molecule has 0 amide bonds. The molecule has 0 aromatic heterocycles. The van der Waals surface area contributed by atoms with Gasteiger partial charge in [0, 0.05) is 25.7 Å². The first kappa shape index (κ1) is 16.4. The van der Waals surface area contributed by atoms with Crippen molar-refractivity contribution in [3.05, 3.63) is 0 Å². The van der Waals surface area contributed by atoms with Crippen LogP contribution in [-0.4, -0.2) is 49.2 Å². The van der Waals surface area contributed by atoms with Crippen LogP contribution in [0.4, 0.5) is 0 Å². The molecule has 0 aromatic rings. The Bertz CT molecular complexity index is 297. The molecule has 1 N–H and O–H groups in total. The molecule has 0 saturated carbocycles. The molecule has 1 heterocycles. The average molecular weight is 270 g/mol. The zero-order chi connectivity index (χ0) is 14.6. The molecule has 1 rings (SSSR count). The summed E-state index contributed by atoms with van der Waals surface area (Å²) in [6.07, 6.45) is 0.789. The fraction of sp³-hybridized carbons (Fsp3) is 0.933. The van der Waals surface area contributed by atoms with Gasteiger partial charge in [0.05, 0.1) is 7.11 Å². The smallest absolute Gasteiger partial charge is 0.325 e. The van der Waals surface area contributed by atoms with Crippen molar-refractivity contribution in [2.24, 2.45) is 11.8 Å².